The van der Waals surface area contributed by atoms with Gasteiger partial charge in [-0.25, -0.2) is 8.42 Å². The Morgan fingerprint density at radius 3 is 2.52 bits per heavy atom. The number of rotatable bonds is 6. The molecule has 0 radical (unpaired) electrons. The van der Waals surface area contributed by atoms with Gasteiger partial charge in [0.2, 0.25) is 10.0 Å². The molecular weight excluding hydrogens is 288 g/mol. The molecule has 21 heavy (non-hydrogen) atoms. The molecule has 0 saturated carbocycles. The van der Waals surface area contributed by atoms with Crippen LogP contribution in [-0.4, -0.2) is 25.8 Å². The van der Waals surface area contributed by atoms with Crippen LogP contribution < -0.4 is 5.73 Å². The summed E-state index contributed by atoms with van der Waals surface area (Å²) in [7, 11) is -3.82. The third-order valence-electron chi connectivity index (χ3n) is 2.78. The molecule has 0 spiro atoms. The van der Waals surface area contributed by atoms with Crippen molar-refractivity contribution in [2.75, 3.05) is 18.8 Å². The number of benzene rings is 1. The molecular formula is C14H18N4O2S. The van der Waals surface area contributed by atoms with Crippen LogP contribution in [0.25, 0.3) is 0 Å². The average molecular weight is 306 g/mol. The second-order valence-corrected chi connectivity index (χ2v) is 6.94. The fourth-order valence-electron chi connectivity index (χ4n) is 1.89. The molecule has 0 aliphatic carbocycles. The molecule has 0 atom stereocenters. The number of hydrogen-bond acceptors (Lipinski definition) is 5. The van der Waals surface area contributed by atoms with E-state index in [0.717, 1.165) is 0 Å². The minimum atomic E-state index is -3.82. The second kappa shape index (κ2) is 7.07. The Labute approximate surface area is 125 Å². The zero-order chi connectivity index (χ0) is 16.0. The maximum atomic E-state index is 12.7. The third-order valence-corrected chi connectivity index (χ3v) is 4.71. The van der Waals surface area contributed by atoms with Crippen molar-refractivity contribution in [3.8, 4) is 12.1 Å². The normalized spacial score (nSPS) is 11.3. The highest BCUT2D eigenvalue weighted by molar-refractivity contribution is 7.89. The number of sulfonamides is 1. The van der Waals surface area contributed by atoms with E-state index in [2.05, 4.69) is 0 Å². The van der Waals surface area contributed by atoms with E-state index in [1.54, 1.807) is 0 Å². The van der Waals surface area contributed by atoms with E-state index in [1.807, 2.05) is 26.0 Å². The molecule has 0 unspecified atom stereocenters. The number of nitrogens with two attached hydrogens (primary N) is 1. The first-order valence-electron chi connectivity index (χ1n) is 6.49. The monoisotopic (exact) mass is 306 g/mol. The lowest BCUT2D eigenvalue weighted by Gasteiger charge is -2.23. The lowest BCUT2D eigenvalue weighted by Crippen LogP contribution is -2.35. The standard InChI is InChI=1S/C14H18N4O2S/c1-11(2)10-18(7-3-6-15)21(19,20)14-5-4-13(17)8-12(14)9-16/h4-5,8,11H,3,7,10,17H2,1-2H3. The van der Waals surface area contributed by atoms with E-state index in [0.29, 0.717) is 12.2 Å². The van der Waals surface area contributed by atoms with Gasteiger partial charge in [-0.2, -0.15) is 14.8 Å². The molecule has 0 saturated heterocycles. The molecule has 6 nitrogen and oxygen atoms in total. The molecule has 0 aliphatic heterocycles. The second-order valence-electron chi connectivity index (χ2n) is 5.03. The highest BCUT2D eigenvalue weighted by Gasteiger charge is 2.27. The SMILES string of the molecule is CC(C)CN(CCC#N)S(=O)(=O)c1ccc(N)cc1C#N. The smallest absolute Gasteiger partial charge is 0.244 e. The molecule has 0 aliphatic rings. The Kier molecular flexibility index (Phi) is 5.71. The summed E-state index contributed by atoms with van der Waals surface area (Å²) in [6.07, 6.45) is 0.100. The van der Waals surface area contributed by atoms with Crippen LogP contribution >= 0.6 is 0 Å². The van der Waals surface area contributed by atoms with Crippen LogP contribution in [0.2, 0.25) is 0 Å². The molecule has 0 amide bonds. The van der Waals surface area contributed by atoms with Crippen molar-refractivity contribution in [3.05, 3.63) is 23.8 Å². The average Bonchev–Trinajstić information content (AvgIpc) is 2.42. The van der Waals surface area contributed by atoms with Gasteiger partial charge in [-0.1, -0.05) is 13.8 Å². The molecule has 1 aromatic carbocycles. The molecule has 0 bridgehead atoms. The van der Waals surface area contributed by atoms with Crippen LogP contribution in [-0.2, 0) is 10.0 Å². The maximum Gasteiger partial charge on any atom is 0.244 e. The van der Waals surface area contributed by atoms with E-state index >= 15 is 0 Å². The Morgan fingerprint density at radius 1 is 1.33 bits per heavy atom. The molecule has 1 rings (SSSR count). The highest BCUT2D eigenvalue weighted by atomic mass is 32.2. The number of nitrogen functional groups attached to an aromatic ring is 1. The van der Waals surface area contributed by atoms with Gasteiger partial charge in [0.25, 0.3) is 0 Å². The Balaban J connectivity index is 3.29. The number of anilines is 1. The molecule has 0 heterocycles. The first-order chi connectivity index (χ1) is 9.82. The highest BCUT2D eigenvalue weighted by Crippen LogP contribution is 2.23. The Bertz CT molecular complexity index is 684. The summed E-state index contributed by atoms with van der Waals surface area (Å²) in [6.45, 7) is 4.18. The van der Waals surface area contributed by atoms with E-state index < -0.39 is 10.0 Å². The van der Waals surface area contributed by atoms with Crippen LogP contribution in [0.4, 0.5) is 5.69 Å². The van der Waals surface area contributed by atoms with E-state index in [9.17, 15) is 8.42 Å². The van der Waals surface area contributed by atoms with Gasteiger partial charge in [0.1, 0.15) is 11.0 Å². The van der Waals surface area contributed by atoms with E-state index in [-0.39, 0.29) is 29.3 Å². The van der Waals surface area contributed by atoms with Crippen molar-refractivity contribution in [2.24, 2.45) is 5.92 Å². The molecule has 0 fully saturated rings. The van der Waals surface area contributed by atoms with Gasteiger partial charge in [-0.15, -0.1) is 0 Å². The van der Waals surface area contributed by atoms with Crippen LogP contribution in [0.5, 0.6) is 0 Å². The predicted octanol–water partition coefficient (Wildman–Crippen LogP) is 1.70. The van der Waals surface area contributed by atoms with Gasteiger partial charge < -0.3 is 5.73 Å². The van der Waals surface area contributed by atoms with Gasteiger partial charge in [0.15, 0.2) is 0 Å². The van der Waals surface area contributed by atoms with Crippen LogP contribution in [0.3, 0.4) is 0 Å². The van der Waals surface area contributed by atoms with Gasteiger partial charge in [0.05, 0.1) is 11.6 Å². The van der Waals surface area contributed by atoms with Crippen molar-refractivity contribution in [1.82, 2.24) is 4.31 Å². The zero-order valence-electron chi connectivity index (χ0n) is 12.1. The topological polar surface area (TPSA) is 111 Å². The van der Waals surface area contributed by atoms with Crippen molar-refractivity contribution in [2.45, 2.75) is 25.2 Å². The van der Waals surface area contributed by atoms with Crippen molar-refractivity contribution < 1.29 is 8.42 Å². The number of nitrogens with zero attached hydrogens (tertiary/aromatic N) is 3. The van der Waals surface area contributed by atoms with Crippen LogP contribution in [0, 0.1) is 28.6 Å². The summed E-state index contributed by atoms with van der Waals surface area (Å²) in [4.78, 5) is -0.0715. The lowest BCUT2D eigenvalue weighted by molar-refractivity contribution is 0.373. The third kappa shape index (κ3) is 4.19. The molecule has 7 heteroatoms. The predicted molar refractivity (Wildman–Crippen MR) is 79.4 cm³/mol. The van der Waals surface area contributed by atoms with Crippen LogP contribution in [0.15, 0.2) is 23.1 Å². The summed E-state index contributed by atoms with van der Waals surface area (Å²) in [5.41, 5.74) is 5.93. The number of nitriles is 2. The first kappa shape index (κ1) is 17.0. The fourth-order valence-corrected chi connectivity index (χ4v) is 3.62. The van der Waals surface area contributed by atoms with E-state index in [4.69, 9.17) is 16.3 Å². The fraction of sp³-hybridized carbons (Fsp3) is 0.429. The molecule has 1 aromatic rings. The summed E-state index contributed by atoms with van der Waals surface area (Å²) < 4.78 is 26.6. The lowest BCUT2D eigenvalue weighted by atomic mass is 10.2. The molecule has 2 N–H and O–H groups in total. The molecule has 112 valence electrons. The summed E-state index contributed by atoms with van der Waals surface area (Å²) in [5, 5.41) is 17.8. The maximum absolute atomic E-state index is 12.7. The van der Waals surface area contributed by atoms with Gasteiger partial charge >= 0.3 is 0 Å². The minimum absolute atomic E-state index is 0.0145. The van der Waals surface area contributed by atoms with Crippen molar-refractivity contribution in [1.29, 1.82) is 10.5 Å². The Morgan fingerprint density at radius 2 is 2.00 bits per heavy atom. The van der Waals surface area contributed by atoms with E-state index in [1.165, 1.54) is 22.5 Å². The number of hydrogen-bond donors (Lipinski definition) is 1. The summed E-state index contributed by atoms with van der Waals surface area (Å²) in [5.74, 6) is 0.109. The summed E-state index contributed by atoms with van der Waals surface area (Å²) >= 11 is 0. The summed E-state index contributed by atoms with van der Waals surface area (Å²) in [6, 6.07) is 7.92. The zero-order valence-corrected chi connectivity index (χ0v) is 12.9. The van der Waals surface area contributed by atoms with Gasteiger partial charge in [0, 0.05) is 25.2 Å². The van der Waals surface area contributed by atoms with Crippen molar-refractivity contribution >= 4 is 15.7 Å². The molecule has 0 aromatic heterocycles. The minimum Gasteiger partial charge on any atom is -0.399 e. The van der Waals surface area contributed by atoms with Gasteiger partial charge in [-0.05, 0) is 24.1 Å². The first-order valence-corrected chi connectivity index (χ1v) is 7.93. The Hall–Kier alpha value is -2.09. The largest absolute Gasteiger partial charge is 0.399 e. The van der Waals surface area contributed by atoms with Gasteiger partial charge in [-0.3, -0.25) is 0 Å². The quantitative estimate of drug-likeness (QED) is 0.804. The van der Waals surface area contributed by atoms with Crippen LogP contribution in [0.1, 0.15) is 25.8 Å². The van der Waals surface area contributed by atoms with Crippen molar-refractivity contribution in [3.63, 3.8) is 0 Å².